The molecule has 0 spiro atoms. The summed E-state index contributed by atoms with van der Waals surface area (Å²) in [6.07, 6.45) is 4.75. The van der Waals surface area contributed by atoms with Crippen molar-refractivity contribution in [1.29, 1.82) is 0 Å². The van der Waals surface area contributed by atoms with E-state index in [1.54, 1.807) is 0 Å². The average Bonchev–Trinajstić information content (AvgIpc) is 3.27. The van der Waals surface area contributed by atoms with Crippen LogP contribution in [0.1, 0.15) is 40.7 Å². The second kappa shape index (κ2) is 5.43. The fourth-order valence-corrected chi connectivity index (χ4v) is 3.68. The van der Waals surface area contributed by atoms with Gasteiger partial charge in [0.2, 0.25) is 0 Å². The predicted octanol–water partition coefficient (Wildman–Crippen LogP) is 1.30. The maximum atomic E-state index is 12.6. The highest BCUT2D eigenvalue weighted by Gasteiger charge is 2.35. The summed E-state index contributed by atoms with van der Waals surface area (Å²) < 4.78 is 0. The first-order chi connectivity index (χ1) is 10.3. The Bertz CT molecular complexity index is 553. The van der Waals surface area contributed by atoms with Gasteiger partial charge in [-0.05, 0) is 49.4 Å². The lowest BCUT2D eigenvalue weighted by Crippen LogP contribution is -2.38. The van der Waals surface area contributed by atoms with Gasteiger partial charge in [0.15, 0.2) is 0 Å². The fourth-order valence-electron chi connectivity index (χ4n) is 3.68. The number of carbonyl (C=O) groups excluding carboxylic acids is 1. The van der Waals surface area contributed by atoms with Crippen LogP contribution >= 0.6 is 0 Å². The van der Waals surface area contributed by atoms with Crippen molar-refractivity contribution in [3.8, 4) is 0 Å². The Morgan fingerprint density at radius 3 is 3.05 bits per heavy atom. The number of hydrogen-bond donors (Lipinski definition) is 2. The molecule has 112 valence electrons. The molecule has 4 nitrogen and oxygen atoms in total. The number of carbonyl (C=O) groups is 1. The topological polar surface area (TPSA) is 44.4 Å². The van der Waals surface area contributed by atoms with Gasteiger partial charge in [-0.2, -0.15) is 0 Å². The summed E-state index contributed by atoms with van der Waals surface area (Å²) in [5.74, 6) is 0.122. The van der Waals surface area contributed by atoms with E-state index in [0.717, 1.165) is 50.6 Å². The van der Waals surface area contributed by atoms with Crippen LogP contribution in [0.5, 0.6) is 0 Å². The lowest BCUT2D eigenvalue weighted by molar-refractivity contribution is 0.0936. The highest BCUT2D eigenvalue weighted by Crippen LogP contribution is 2.30. The lowest BCUT2D eigenvalue weighted by atomic mass is 9.95. The number of nitrogens with one attached hydrogen (secondary N) is 2. The molecule has 1 saturated heterocycles. The molecule has 2 fully saturated rings. The summed E-state index contributed by atoms with van der Waals surface area (Å²) in [6, 6.07) is 7.25. The highest BCUT2D eigenvalue weighted by atomic mass is 16.1. The quantitative estimate of drug-likeness (QED) is 0.880. The van der Waals surface area contributed by atoms with Crippen molar-refractivity contribution in [3.05, 3.63) is 34.9 Å². The Labute approximate surface area is 125 Å². The third-order valence-electron chi connectivity index (χ3n) is 5.00. The molecule has 1 aliphatic carbocycles. The molecule has 4 rings (SSSR count). The Kier molecular flexibility index (Phi) is 3.43. The minimum atomic E-state index is 0.122. The summed E-state index contributed by atoms with van der Waals surface area (Å²) in [5.41, 5.74) is 3.41. The number of benzene rings is 1. The van der Waals surface area contributed by atoms with Crippen LogP contribution in [0.2, 0.25) is 0 Å². The molecule has 2 heterocycles. The van der Waals surface area contributed by atoms with Gasteiger partial charge in [0.05, 0.1) is 0 Å². The number of nitrogens with zero attached hydrogens (tertiary/aromatic N) is 1. The first-order valence-electron chi connectivity index (χ1n) is 8.17. The van der Waals surface area contributed by atoms with Gasteiger partial charge in [0.25, 0.3) is 5.91 Å². The first-order valence-corrected chi connectivity index (χ1v) is 8.17. The maximum Gasteiger partial charge on any atom is 0.251 e. The monoisotopic (exact) mass is 285 g/mol. The van der Waals surface area contributed by atoms with Gasteiger partial charge in [-0.15, -0.1) is 0 Å². The zero-order valence-electron chi connectivity index (χ0n) is 12.4. The molecule has 2 aliphatic heterocycles. The molecule has 2 N–H and O–H groups in total. The molecule has 3 aliphatic rings. The minimum Gasteiger partial charge on any atom is -0.348 e. The molecule has 0 bridgehead atoms. The van der Waals surface area contributed by atoms with Crippen molar-refractivity contribution in [2.24, 2.45) is 0 Å². The van der Waals surface area contributed by atoms with Gasteiger partial charge in [-0.3, -0.25) is 9.69 Å². The number of rotatable bonds is 3. The molecule has 1 unspecified atom stereocenters. The van der Waals surface area contributed by atoms with Gasteiger partial charge in [0.1, 0.15) is 0 Å². The summed E-state index contributed by atoms with van der Waals surface area (Å²) in [6.45, 7) is 4.03. The zero-order chi connectivity index (χ0) is 14.2. The van der Waals surface area contributed by atoms with E-state index in [9.17, 15) is 4.79 Å². The first kappa shape index (κ1) is 13.3. The summed E-state index contributed by atoms with van der Waals surface area (Å²) in [5, 5.41) is 6.62. The van der Waals surface area contributed by atoms with E-state index in [2.05, 4.69) is 21.6 Å². The second-order valence-corrected chi connectivity index (χ2v) is 6.56. The molecule has 1 amide bonds. The molecule has 4 heteroatoms. The zero-order valence-corrected chi connectivity index (χ0v) is 12.4. The SMILES string of the molecule is O=C(NC1CCN(C2CC2)C1)c1cccc2c1CCNC2. The number of amides is 1. The Hall–Kier alpha value is -1.39. The molecular weight excluding hydrogens is 262 g/mol. The van der Waals surface area contributed by atoms with E-state index in [1.165, 1.54) is 24.0 Å². The van der Waals surface area contributed by atoms with Gasteiger partial charge in [-0.1, -0.05) is 12.1 Å². The summed E-state index contributed by atoms with van der Waals surface area (Å²) >= 11 is 0. The van der Waals surface area contributed by atoms with Crippen LogP contribution in [0.15, 0.2) is 18.2 Å². The fraction of sp³-hybridized carbons (Fsp3) is 0.588. The molecule has 0 radical (unpaired) electrons. The Balaban J connectivity index is 1.45. The third kappa shape index (κ3) is 2.70. The molecule has 1 atom stereocenters. The summed E-state index contributed by atoms with van der Waals surface area (Å²) in [7, 11) is 0. The van der Waals surface area contributed by atoms with Crippen LogP contribution in [-0.2, 0) is 13.0 Å². The lowest BCUT2D eigenvalue weighted by Gasteiger charge is -2.21. The van der Waals surface area contributed by atoms with Crippen molar-refractivity contribution in [1.82, 2.24) is 15.5 Å². The molecule has 21 heavy (non-hydrogen) atoms. The standard InChI is InChI=1S/C17H23N3O/c21-17(19-13-7-9-20(11-13)14-4-5-14)16-3-1-2-12-10-18-8-6-15(12)16/h1-3,13-14,18H,4-11H2,(H,19,21). The van der Waals surface area contributed by atoms with Crippen molar-refractivity contribution >= 4 is 5.91 Å². The van der Waals surface area contributed by atoms with Crippen molar-refractivity contribution in [2.45, 2.75) is 44.3 Å². The number of hydrogen-bond acceptors (Lipinski definition) is 3. The van der Waals surface area contributed by atoms with Gasteiger partial charge < -0.3 is 10.6 Å². The van der Waals surface area contributed by atoms with E-state index in [1.807, 2.05) is 12.1 Å². The van der Waals surface area contributed by atoms with E-state index in [0.29, 0.717) is 6.04 Å². The second-order valence-electron chi connectivity index (χ2n) is 6.56. The van der Waals surface area contributed by atoms with E-state index in [4.69, 9.17) is 0 Å². The highest BCUT2D eigenvalue weighted by molar-refractivity contribution is 5.96. The van der Waals surface area contributed by atoms with Crippen LogP contribution in [0.3, 0.4) is 0 Å². The Morgan fingerprint density at radius 2 is 2.19 bits per heavy atom. The van der Waals surface area contributed by atoms with Crippen molar-refractivity contribution < 1.29 is 4.79 Å². The normalized spacial score (nSPS) is 25.6. The van der Waals surface area contributed by atoms with Gasteiger partial charge in [-0.25, -0.2) is 0 Å². The molecule has 1 saturated carbocycles. The maximum absolute atomic E-state index is 12.6. The van der Waals surface area contributed by atoms with Crippen LogP contribution in [-0.4, -0.2) is 42.5 Å². The predicted molar refractivity (Wildman–Crippen MR) is 82.3 cm³/mol. The number of likely N-dealkylation sites (tertiary alicyclic amines) is 1. The van der Waals surface area contributed by atoms with Crippen molar-refractivity contribution in [2.75, 3.05) is 19.6 Å². The van der Waals surface area contributed by atoms with E-state index >= 15 is 0 Å². The third-order valence-corrected chi connectivity index (χ3v) is 5.00. The van der Waals surface area contributed by atoms with Gasteiger partial charge >= 0.3 is 0 Å². The van der Waals surface area contributed by atoms with Crippen LogP contribution in [0.4, 0.5) is 0 Å². The molecular formula is C17H23N3O. The largest absolute Gasteiger partial charge is 0.348 e. The van der Waals surface area contributed by atoms with Crippen LogP contribution in [0, 0.1) is 0 Å². The van der Waals surface area contributed by atoms with E-state index in [-0.39, 0.29) is 5.91 Å². The smallest absolute Gasteiger partial charge is 0.251 e. The Morgan fingerprint density at radius 1 is 1.29 bits per heavy atom. The molecule has 0 aromatic heterocycles. The van der Waals surface area contributed by atoms with Gasteiger partial charge in [0, 0.05) is 37.3 Å². The van der Waals surface area contributed by atoms with Crippen LogP contribution < -0.4 is 10.6 Å². The molecule has 1 aromatic rings. The molecule has 1 aromatic carbocycles. The van der Waals surface area contributed by atoms with Crippen LogP contribution in [0.25, 0.3) is 0 Å². The average molecular weight is 285 g/mol. The summed E-state index contributed by atoms with van der Waals surface area (Å²) in [4.78, 5) is 15.2. The van der Waals surface area contributed by atoms with E-state index < -0.39 is 0 Å². The van der Waals surface area contributed by atoms with Crippen molar-refractivity contribution in [3.63, 3.8) is 0 Å². The minimum absolute atomic E-state index is 0.122. The number of fused-ring (bicyclic) bond motifs is 1.